The van der Waals surface area contributed by atoms with Crippen molar-refractivity contribution in [2.45, 2.75) is 32.2 Å². The first-order chi connectivity index (χ1) is 12.2. The average Bonchev–Trinajstić information content (AvgIpc) is 2.68. The first kappa shape index (κ1) is 16.3. The summed E-state index contributed by atoms with van der Waals surface area (Å²) in [6.45, 7) is 6.01. The molecule has 2 aromatic rings. The van der Waals surface area contributed by atoms with Gasteiger partial charge >= 0.3 is 0 Å². The lowest BCUT2D eigenvalue weighted by Gasteiger charge is -2.42. The summed E-state index contributed by atoms with van der Waals surface area (Å²) in [6, 6.07) is 17.7. The van der Waals surface area contributed by atoms with E-state index in [1.54, 1.807) is 18.1 Å². The third-order valence-corrected chi connectivity index (χ3v) is 5.79. The standard InChI is InChI=1S/C22H26N2O/c1-17(25)18-6-9-21(10-7-18)23-12-14-24(15-13-23)22-11-8-19-4-2-3-5-20(19)16-22/h2-7,9-10,22H,8,11-16H2,1H3/t22-/m0/s1. The first-order valence-corrected chi connectivity index (χ1v) is 9.37. The number of Topliss-reactive ketones (excluding diaryl/α,β-unsaturated/α-hetero) is 1. The van der Waals surface area contributed by atoms with E-state index in [2.05, 4.69) is 46.2 Å². The molecule has 0 amide bonds. The van der Waals surface area contributed by atoms with Gasteiger partial charge in [-0.1, -0.05) is 24.3 Å². The number of piperazine rings is 1. The summed E-state index contributed by atoms with van der Waals surface area (Å²) in [7, 11) is 0. The number of rotatable bonds is 3. The van der Waals surface area contributed by atoms with E-state index >= 15 is 0 Å². The van der Waals surface area contributed by atoms with Gasteiger partial charge in [-0.05, 0) is 61.6 Å². The second kappa shape index (κ2) is 7.01. The Kier molecular flexibility index (Phi) is 4.58. The SMILES string of the molecule is CC(=O)c1ccc(N2CCN([C@H]3CCc4ccccc4C3)CC2)cc1. The Morgan fingerprint density at radius 1 is 0.920 bits per heavy atom. The Hall–Kier alpha value is -2.13. The van der Waals surface area contributed by atoms with E-state index in [1.165, 1.54) is 24.9 Å². The summed E-state index contributed by atoms with van der Waals surface area (Å²) in [6.07, 6.45) is 3.70. The molecule has 1 heterocycles. The van der Waals surface area contributed by atoms with Gasteiger partial charge in [0.2, 0.25) is 0 Å². The van der Waals surface area contributed by atoms with Crippen LogP contribution in [0.4, 0.5) is 5.69 Å². The van der Waals surface area contributed by atoms with Crippen molar-refractivity contribution in [3.8, 4) is 0 Å². The van der Waals surface area contributed by atoms with Gasteiger partial charge in [0.1, 0.15) is 0 Å². The topological polar surface area (TPSA) is 23.6 Å². The lowest BCUT2D eigenvalue weighted by molar-refractivity contribution is 0.101. The highest BCUT2D eigenvalue weighted by Crippen LogP contribution is 2.26. The van der Waals surface area contributed by atoms with Crippen LogP contribution in [0.15, 0.2) is 48.5 Å². The maximum atomic E-state index is 11.4. The Labute approximate surface area is 150 Å². The monoisotopic (exact) mass is 334 g/mol. The summed E-state index contributed by atoms with van der Waals surface area (Å²) < 4.78 is 0. The number of hydrogen-bond donors (Lipinski definition) is 0. The number of anilines is 1. The van der Waals surface area contributed by atoms with Gasteiger partial charge in [0.25, 0.3) is 0 Å². The van der Waals surface area contributed by atoms with Gasteiger partial charge in [-0.2, -0.15) is 0 Å². The molecule has 0 saturated carbocycles. The zero-order valence-corrected chi connectivity index (χ0v) is 14.9. The van der Waals surface area contributed by atoms with Crippen molar-refractivity contribution < 1.29 is 4.79 Å². The molecule has 3 nitrogen and oxygen atoms in total. The number of carbonyl (C=O) groups is 1. The minimum absolute atomic E-state index is 0.133. The van der Waals surface area contributed by atoms with E-state index in [9.17, 15) is 4.79 Å². The molecule has 0 N–H and O–H groups in total. The van der Waals surface area contributed by atoms with E-state index in [0.29, 0.717) is 6.04 Å². The summed E-state index contributed by atoms with van der Waals surface area (Å²) in [5.74, 6) is 0.133. The minimum atomic E-state index is 0.133. The molecule has 3 heteroatoms. The number of aryl methyl sites for hydroxylation is 1. The largest absolute Gasteiger partial charge is 0.369 e. The maximum absolute atomic E-state index is 11.4. The predicted octanol–water partition coefficient (Wildman–Crippen LogP) is 3.57. The van der Waals surface area contributed by atoms with Crippen molar-refractivity contribution in [1.82, 2.24) is 4.90 Å². The Morgan fingerprint density at radius 3 is 2.28 bits per heavy atom. The van der Waals surface area contributed by atoms with Crippen LogP contribution in [0.2, 0.25) is 0 Å². The van der Waals surface area contributed by atoms with Crippen LogP contribution in [0.5, 0.6) is 0 Å². The number of fused-ring (bicyclic) bond motifs is 1. The molecule has 4 rings (SSSR count). The molecule has 1 aliphatic carbocycles. The van der Waals surface area contributed by atoms with Gasteiger partial charge in [0.05, 0.1) is 0 Å². The van der Waals surface area contributed by atoms with Crippen LogP contribution in [-0.2, 0) is 12.8 Å². The van der Waals surface area contributed by atoms with Crippen LogP contribution in [0.3, 0.4) is 0 Å². The van der Waals surface area contributed by atoms with Gasteiger partial charge in [-0.25, -0.2) is 0 Å². The fourth-order valence-corrected chi connectivity index (χ4v) is 4.24. The molecule has 0 unspecified atom stereocenters. The molecule has 0 spiro atoms. The number of carbonyl (C=O) groups excluding carboxylic acids is 1. The number of ketones is 1. The Bertz CT molecular complexity index is 745. The van der Waals surface area contributed by atoms with E-state index < -0.39 is 0 Å². The first-order valence-electron chi connectivity index (χ1n) is 9.37. The normalized spacial score (nSPS) is 21.0. The molecule has 1 fully saturated rings. The van der Waals surface area contributed by atoms with E-state index in [1.807, 2.05) is 12.1 Å². The third-order valence-electron chi connectivity index (χ3n) is 5.79. The van der Waals surface area contributed by atoms with Crippen molar-refractivity contribution in [3.05, 3.63) is 65.2 Å². The second-order valence-electron chi connectivity index (χ2n) is 7.29. The maximum Gasteiger partial charge on any atom is 0.159 e. The average molecular weight is 334 g/mol. The number of hydrogen-bond acceptors (Lipinski definition) is 3. The van der Waals surface area contributed by atoms with E-state index in [0.717, 1.165) is 31.7 Å². The van der Waals surface area contributed by atoms with Gasteiger partial charge < -0.3 is 4.90 Å². The lowest BCUT2D eigenvalue weighted by Crippen LogP contribution is -2.51. The second-order valence-corrected chi connectivity index (χ2v) is 7.29. The molecule has 1 saturated heterocycles. The highest BCUT2D eigenvalue weighted by Gasteiger charge is 2.27. The minimum Gasteiger partial charge on any atom is -0.369 e. The van der Waals surface area contributed by atoms with Crippen LogP contribution < -0.4 is 4.90 Å². The Morgan fingerprint density at radius 2 is 1.60 bits per heavy atom. The number of nitrogens with zero attached hydrogens (tertiary/aromatic N) is 2. The van der Waals surface area contributed by atoms with Crippen LogP contribution in [0.25, 0.3) is 0 Å². The fourth-order valence-electron chi connectivity index (χ4n) is 4.24. The van der Waals surface area contributed by atoms with Crippen molar-refractivity contribution in [3.63, 3.8) is 0 Å². The molecule has 1 aliphatic heterocycles. The molecular weight excluding hydrogens is 308 g/mol. The highest BCUT2D eigenvalue weighted by molar-refractivity contribution is 5.94. The Balaban J connectivity index is 1.36. The van der Waals surface area contributed by atoms with E-state index in [-0.39, 0.29) is 5.78 Å². The molecule has 2 aliphatic rings. The molecular formula is C22H26N2O. The summed E-state index contributed by atoms with van der Waals surface area (Å²) in [4.78, 5) is 16.5. The van der Waals surface area contributed by atoms with Gasteiger partial charge in [0, 0.05) is 43.5 Å². The molecule has 0 bridgehead atoms. The summed E-state index contributed by atoms with van der Waals surface area (Å²) in [5.41, 5.74) is 5.12. The molecule has 2 aromatic carbocycles. The van der Waals surface area contributed by atoms with Crippen molar-refractivity contribution in [1.29, 1.82) is 0 Å². The molecule has 0 radical (unpaired) electrons. The number of benzene rings is 2. The fraction of sp³-hybridized carbons (Fsp3) is 0.409. The van der Waals surface area contributed by atoms with Gasteiger partial charge in [-0.15, -0.1) is 0 Å². The zero-order chi connectivity index (χ0) is 17.2. The summed E-state index contributed by atoms with van der Waals surface area (Å²) >= 11 is 0. The third kappa shape index (κ3) is 3.47. The molecule has 1 atom stereocenters. The molecule has 130 valence electrons. The quantitative estimate of drug-likeness (QED) is 0.802. The zero-order valence-electron chi connectivity index (χ0n) is 14.9. The lowest BCUT2D eigenvalue weighted by atomic mass is 9.87. The summed E-state index contributed by atoms with van der Waals surface area (Å²) in [5, 5.41) is 0. The highest BCUT2D eigenvalue weighted by atomic mass is 16.1. The molecule has 25 heavy (non-hydrogen) atoms. The smallest absolute Gasteiger partial charge is 0.159 e. The van der Waals surface area contributed by atoms with E-state index in [4.69, 9.17) is 0 Å². The van der Waals surface area contributed by atoms with Crippen molar-refractivity contribution in [2.24, 2.45) is 0 Å². The van der Waals surface area contributed by atoms with Crippen LogP contribution >= 0.6 is 0 Å². The van der Waals surface area contributed by atoms with Crippen LogP contribution in [-0.4, -0.2) is 42.9 Å². The molecule has 0 aromatic heterocycles. The van der Waals surface area contributed by atoms with Crippen molar-refractivity contribution >= 4 is 11.5 Å². The van der Waals surface area contributed by atoms with Crippen LogP contribution in [0, 0.1) is 0 Å². The van der Waals surface area contributed by atoms with Gasteiger partial charge in [0.15, 0.2) is 5.78 Å². The van der Waals surface area contributed by atoms with Crippen molar-refractivity contribution in [2.75, 3.05) is 31.1 Å². The predicted molar refractivity (Wildman–Crippen MR) is 102 cm³/mol. The van der Waals surface area contributed by atoms with Crippen LogP contribution in [0.1, 0.15) is 34.8 Å². The van der Waals surface area contributed by atoms with Gasteiger partial charge in [-0.3, -0.25) is 9.69 Å².